The van der Waals surface area contributed by atoms with Gasteiger partial charge in [-0.3, -0.25) is 4.79 Å². The van der Waals surface area contributed by atoms with E-state index in [1.54, 1.807) is 10.3 Å². The number of carbonyl (C=O) groups is 1. The Hall–Kier alpha value is -0.810. The molecule has 4 nitrogen and oxygen atoms in total. The summed E-state index contributed by atoms with van der Waals surface area (Å²) in [6.07, 6.45) is 0. The second-order valence-corrected chi connectivity index (χ2v) is 5.61. The number of halogens is 1. The van der Waals surface area contributed by atoms with E-state index in [4.69, 9.17) is 11.6 Å². The third-order valence-corrected chi connectivity index (χ3v) is 4.09. The monoisotopic (exact) mass is 259 g/mol. The molecule has 0 saturated carbocycles. The molecule has 0 unspecified atom stereocenters. The molecule has 2 rings (SSSR count). The predicted molar refractivity (Wildman–Crippen MR) is 66.2 cm³/mol. The van der Waals surface area contributed by atoms with E-state index in [1.165, 1.54) is 11.3 Å². The summed E-state index contributed by atoms with van der Waals surface area (Å²) in [5.41, 5.74) is -0.547. The molecular formula is C10H14ClN3OS. The number of amides is 1. The van der Waals surface area contributed by atoms with E-state index in [9.17, 15) is 4.79 Å². The molecule has 0 aliphatic carbocycles. The molecule has 16 heavy (non-hydrogen) atoms. The van der Waals surface area contributed by atoms with Gasteiger partial charge in [0.25, 0.3) is 0 Å². The van der Waals surface area contributed by atoms with Crippen LogP contribution in [-0.2, 0) is 4.79 Å². The Bertz CT molecular complexity index is 418. The van der Waals surface area contributed by atoms with Crippen molar-refractivity contribution in [3.8, 4) is 0 Å². The fraction of sp³-hybridized carbons (Fsp3) is 0.600. The van der Waals surface area contributed by atoms with Crippen LogP contribution in [0.1, 0.15) is 13.8 Å². The molecule has 0 spiro atoms. The molecule has 1 aliphatic rings. The average Bonchev–Trinajstić information content (AvgIpc) is 2.61. The van der Waals surface area contributed by atoms with Crippen LogP contribution in [0.25, 0.3) is 0 Å². The molecule has 2 heterocycles. The van der Waals surface area contributed by atoms with Crippen LogP contribution in [0.2, 0.25) is 5.15 Å². The number of carbonyl (C=O) groups excluding carboxylic acids is 1. The summed E-state index contributed by atoms with van der Waals surface area (Å²) in [4.78, 5) is 20.1. The zero-order valence-electron chi connectivity index (χ0n) is 9.53. The van der Waals surface area contributed by atoms with Crippen molar-refractivity contribution in [3.05, 3.63) is 10.5 Å². The molecule has 0 N–H and O–H groups in total. The first-order valence-electron chi connectivity index (χ1n) is 5.07. The topological polar surface area (TPSA) is 36.4 Å². The molecule has 1 saturated heterocycles. The molecular weight excluding hydrogens is 246 g/mol. The Balaban J connectivity index is 2.32. The van der Waals surface area contributed by atoms with Gasteiger partial charge < -0.3 is 9.80 Å². The second kappa shape index (κ2) is 3.89. The highest BCUT2D eigenvalue weighted by Crippen LogP contribution is 2.31. The van der Waals surface area contributed by atoms with E-state index < -0.39 is 5.54 Å². The van der Waals surface area contributed by atoms with Crippen molar-refractivity contribution in [1.29, 1.82) is 0 Å². The summed E-state index contributed by atoms with van der Waals surface area (Å²) in [5.74, 6) is 0.116. The van der Waals surface area contributed by atoms with Gasteiger partial charge in [-0.05, 0) is 13.8 Å². The quantitative estimate of drug-likeness (QED) is 0.772. The van der Waals surface area contributed by atoms with Crippen LogP contribution in [0, 0.1) is 0 Å². The van der Waals surface area contributed by atoms with E-state index >= 15 is 0 Å². The maximum Gasteiger partial charge on any atom is 0.247 e. The lowest BCUT2D eigenvalue weighted by Crippen LogP contribution is -2.62. The summed E-state index contributed by atoms with van der Waals surface area (Å²) in [6, 6.07) is 0. The Morgan fingerprint density at radius 3 is 2.75 bits per heavy atom. The number of anilines is 1. The van der Waals surface area contributed by atoms with E-state index in [2.05, 4.69) is 4.98 Å². The van der Waals surface area contributed by atoms with Crippen molar-refractivity contribution in [2.75, 3.05) is 25.0 Å². The third-order valence-electron chi connectivity index (χ3n) is 2.90. The molecule has 1 aromatic heterocycles. The van der Waals surface area contributed by atoms with Gasteiger partial charge in [-0.1, -0.05) is 11.6 Å². The normalized spacial score (nSPS) is 20.4. The zero-order valence-corrected chi connectivity index (χ0v) is 11.1. The largest absolute Gasteiger partial charge is 0.342 e. The first kappa shape index (κ1) is 11.7. The van der Waals surface area contributed by atoms with Gasteiger partial charge in [-0.25, -0.2) is 4.98 Å². The SMILES string of the molecule is CN1CCN(c2nc(Cl)cs2)C(C)(C)C1=O. The lowest BCUT2D eigenvalue weighted by atomic mass is 9.99. The minimum atomic E-state index is -0.547. The van der Waals surface area contributed by atoms with Crippen LogP contribution in [0.4, 0.5) is 5.13 Å². The molecule has 0 atom stereocenters. The number of thiazole rings is 1. The summed E-state index contributed by atoms with van der Waals surface area (Å²) in [7, 11) is 1.83. The van der Waals surface area contributed by atoms with Gasteiger partial charge in [-0.2, -0.15) is 0 Å². The van der Waals surface area contributed by atoms with Gasteiger partial charge in [-0.15, -0.1) is 11.3 Å². The van der Waals surface area contributed by atoms with Crippen molar-refractivity contribution in [3.63, 3.8) is 0 Å². The minimum absolute atomic E-state index is 0.116. The number of rotatable bonds is 1. The number of likely N-dealkylation sites (N-methyl/N-ethyl adjacent to an activating group) is 1. The summed E-state index contributed by atoms with van der Waals surface area (Å²) < 4.78 is 0. The first-order valence-corrected chi connectivity index (χ1v) is 6.33. The average molecular weight is 260 g/mol. The highest BCUT2D eigenvalue weighted by Gasteiger charge is 2.41. The highest BCUT2D eigenvalue weighted by atomic mass is 35.5. The van der Waals surface area contributed by atoms with Gasteiger partial charge in [0.2, 0.25) is 5.91 Å². The van der Waals surface area contributed by atoms with Crippen molar-refractivity contribution < 1.29 is 4.79 Å². The molecule has 6 heteroatoms. The maximum atomic E-state index is 12.1. The zero-order chi connectivity index (χ0) is 11.9. The van der Waals surface area contributed by atoms with Crippen LogP contribution >= 0.6 is 22.9 Å². The van der Waals surface area contributed by atoms with Crippen LogP contribution < -0.4 is 4.90 Å². The molecule has 0 bridgehead atoms. The molecule has 88 valence electrons. The van der Waals surface area contributed by atoms with E-state index in [0.29, 0.717) is 5.15 Å². The van der Waals surface area contributed by atoms with Crippen molar-refractivity contribution in [2.45, 2.75) is 19.4 Å². The lowest BCUT2D eigenvalue weighted by Gasteiger charge is -2.44. The molecule has 0 radical (unpaired) electrons. The minimum Gasteiger partial charge on any atom is -0.342 e. The fourth-order valence-electron chi connectivity index (χ4n) is 1.92. The Morgan fingerprint density at radius 1 is 1.50 bits per heavy atom. The van der Waals surface area contributed by atoms with Crippen molar-refractivity contribution in [2.24, 2.45) is 0 Å². The molecule has 1 fully saturated rings. The Labute approximate surface area is 104 Å². The van der Waals surface area contributed by atoms with E-state index in [1.807, 2.05) is 25.8 Å². The first-order chi connectivity index (χ1) is 7.43. The summed E-state index contributed by atoms with van der Waals surface area (Å²) in [6.45, 7) is 5.35. The summed E-state index contributed by atoms with van der Waals surface area (Å²) >= 11 is 7.29. The third kappa shape index (κ3) is 1.78. The van der Waals surface area contributed by atoms with Crippen LogP contribution in [-0.4, -0.2) is 41.5 Å². The van der Waals surface area contributed by atoms with Gasteiger partial charge >= 0.3 is 0 Å². The van der Waals surface area contributed by atoms with Gasteiger partial charge in [0.15, 0.2) is 5.13 Å². The standard InChI is InChI=1S/C10H14ClN3OS/c1-10(2)8(15)13(3)4-5-14(10)9-12-7(11)6-16-9/h6H,4-5H2,1-3H3. The van der Waals surface area contributed by atoms with E-state index in [-0.39, 0.29) is 5.91 Å². The number of hydrogen-bond acceptors (Lipinski definition) is 4. The predicted octanol–water partition coefficient (Wildman–Crippen LogP) is 1.85. The van der Waals surface area contributed by atoms with Gasteiger partial charge in [0.05, 0.1) is 0 Å². The number of hydrogen-bond donors (Lipinski definition) is 0. The smallest absolute Gasteiger partial charge is 0.247 e. The lowest BCUT2D eigenvalue weighted by molar-refractivity contribution is -0.136. The fourth-order valence-corrected chi connectivity index (χ4v) is 3.03. The Morgan fingerprint density at radius 2 is 2.19 bits per heavy atom. The van der Waals surface area contributed by atoms with Crippen LogP contribution in [0.15, 0.2) is 5.38 Å². The summed E-state index contributed by atoms with van der Waals surface area (Å²) in [5, 5.41) is 3.09. The van der Waals surface area contributed by atoms with Gasteiger partial charge in [0.1, 0.15) is 10.7 Å². The van der Waals surface area contributed by atoms with Gasteiger partial charge in [0, 0.05) is 25.5 Å². The molecule has 1 aromatic rings. The van der Waals surface area contributed by atoms with Crippen molar-refractivity contribution >= 4 is 34.0 Å². The number of piperazine rings is 1. The molecule has 1 aliphatic heterocycles. The molecule has 1 amide bonds. The van der Waals surface area contributed by atoms with E-state index in [0.717, 1.165) is 18.2 Å². The molecule has 0 aromatic carbocycles. The Kier molecular flexibility index (Phi) is 2.84. The highest BCUT2D eigenvalue weighted by molar-refractivity contribution is 7.14. The van der Waals surface area contributed by atoms with Crippen molar-refractivity contribution in [1.82, 2.24) is 9.88 Å². The number of aromatic nitrogens is 1. The maximum absolute atomic E-state index is 12.1. The number of nitrogens with zero attached hydrogens (tertiary/aromatic N) is 3. The van der Waals surface area contributed by atoms with Crippen LogP contribution in [0.3, 0.4) is 0 Å². The second-order valence-electron chi connectivity index (χ2n) is 4.39. The van der Waals surface area contributed by atoms with Crippen LogP contribution in [0.5, 0.6) is 0 Å².